The number of benzene rings is 1. The zero-order valence-electron chi connectivity index (χ0n) is 31.4. The number of rotatable bonds is 9. The van der Waals surface area contributed by atoms with Gasteiger partial charge in [0.25, 0.3) is 0 Å². The van der Waals surface area contributed by atoms with Crippen LogP contribution in [0.2, 0.25) is 0 Å². The van der Waals surface area contributed by atoms with Gasteiger partial charge in [0.2, 0.25) is 35.4 Å². The number of amides is 6. The molecule has 0 unspecified atom stereocenters. The molecule has 1 aromatic carbocycles. The number of fused-ring (bicyclic) bond motifs is 3. The molecule has 6 amide bonds. The van der Waals surface area contributed by atoms with Crippen LogP contribution >= 0.6 is 0 Å². The van der Waals surface area contributed by atoms with Gasteiger partial charge in [0.05, 0.1) is 0 Å². The van der Waals surface area contributed by atoms with Crippen LogP contribution in [0.1, 0.15) is 90.5 Å². The summed E-state index contributed by atoms with van der Waals surface area (Å²) in [5, 5.41) is 8.16. The minimum Gasteiger partial charge on any atom is -0.458 e. The van der Waals surface area contributed by atoms with E-state index < -0.39 is 89.6 Å². The summed E-state index contributed by atoms with van der Waals surface area (Å²) in [4.78, 5) is 101. The van der Waals surface area contributed by atoms with Gasteiger partial charge in [0.1, 0.15) is 48.2 Å². The molecule has 0 radical (unpaired) electrons. The van der Waals surface area contributed by atoms with Crippen molar-refractivity contribution in [2.75, 3.05) is 19.6 Å². The molecule has 54 heavy (non-hydrogen) atoms. The van der Waals surface area contributed by atoms with Crippen molar-refractivity contribution < 1.29 is 42.7 Å². The van der Waals surface area contributed by atoms with E-state index in [9.17, 15) is 38.0 Å². The fraction of sp³-hybridized carbons (Fsp3) is 0.615. The highest BCUT2D eigenvalue weighted by Gasteiger charge is 2.46. The summed E-state index contributed by atoms with van der Waals surface area (Å²) in [6.45, 7) is 5.76. The standard InChI is InChI=1S/C39H53FN6O8/c1-4-5-6-7-18-32(47)42-28(23-26-13-10-14-27(40)22-26)34(48)43-33-25(3)54-39(53)31-17-12-21-46(31)36(50)24(2)41-35(49)29-15-8-9-19-44(29)37(51)30-16-11-20-45(30)38(33)52/h7,10,13-14,18,22,24-25,28-31,33H,4-6,8-9,11-12,15-17,19-21,23H2,1-3H3,(H,41,49)(H,42,47)(H,43,48)/t24-,25-,28-,29-,30-,31-,33-/m0/s1. The van der Waals surface area contributed by atoms with E-state index >= 15 is 0 Å². The molecular formula is C39H53FN6O8. The van der Waals surface area contributed by atoms with Crippen LogP contribution in [0.4, 0.5) is 4.39 Å². The number of piperidine rings is 1. The van der Waals surface area contributed by atoms with E-state index in [2.05, 4.69) is 16.0 Å². The van der Waals surface area contributed by atoms with E-state index in [0.29, 0.717) is 63.5 Å². The minimum absolute atomic E-state index is 0.117. The predicted octanol–water partition coefficient (Wildman–Crippen LogP) is 1.90. The van der Waals surface area contributed by atoms with E-state index in [1.807, 2.05) is 6.92 Å². The lowest BCUT2D eigenvalue weighted by Crippen LogP contribution is -2.63. The second-order valence-electron chi connectivity index (χ2n) is 14.7. The monoisotopic (exact) mass is 752 g/mol. The summed E-state index contributed by atoms with van der Waals surface area (Å²) in [6, 6.07) is -0.910. The van der Waals surface area contributed by atoms with Crippen LogP contribution in [-0.4, -0.2) is 118 Å². The first-order chi connectivity index (χ1) is 25.9. The maximum Gasteiger partial charge on any atom is 0.329 e. The number of nitrogens with one attached hydrogen (secondary N) is 3. The normalized spacial score (nSPS) is 27.6. The Bertz CT molecular complexity index is 1620. The lowest BCUT2D eigenvalue weighted by atomic mass is 9.99. The molecule has 0 spiro atoms. The molecule has 15 heteroatoms. The van der Waals surface area contributed by atoms with E-state index in [0.717, 1.165) is 12.8 Å². The van der Waals surface area contributed by atoms with Crippen LogP contribution in [0.3, 0.4) is 0 Å². The molecule has 4 heterocycles. The summed E-state index contributed by atoms with van der Waals surface area (Å²) in [5.74, 6) is -4.68. The molecule has 3 N–H and O–H groups in total. The first-order valence-electron chi connectivity index (χ1n) is 19.3. The largest absolute Gasteiger partial charge is 0.458 e. The Morgan fingerprint density at radius 1 is 0.907 bits per heavy atom. The van der Waals surface area contributed by atoms with Gasteiger partial charge in [-0.3, -0.25) is 28.8 Å². The average molecular weight is 753 g/mol. The van der Waals surface area contributed by atoms with Crippen molar-refractivity contribution in [1.29, 1.82) is 0 Å². The lowest BCUT2D eigenvalue weighted by molar-refractivity contribution is -0.163. The number of esters is 1. The Kier molecular flexibility index (Phi) is 13.8. The highest BCUT2D eigenvalue weighted by Crippen LogP contribution is 2.27. The summed E-state index contributed by atoms with van der Waals surface area (Å²) < 4.78 is 20.1. The Hall–Kier alpha value is -4.82. The number of hydrogen-bond acceptors (Lipinski definition) is 8. The number of carbonyl (C=O) groups excluding carboxylic acids is 7. The Labute approximate surface area is 315 Å². The van der Waals surface area contributed by atoms with Gasteiger partial charge in [-0.05, 0) is 89.0 Å². The molecule has 294 valence electrons. The van der Waals surface area contributed by atoms with Crippen LogP contribution in [-0.2, 0) is 44.7 Å². The van der Waals surface area contributed by atoms with E-state index in [-0.39, 0.29) is 19.5 Å². The van der Waals surface area contributed by atoms with Crippen LogP contribution < -0.4 is 16.0 Å². The molecule has 0 aliphatic carbocycles. The topological polar surface area (TPSA) is 175 Å². The van der Waals surface area contributed by atoms with E-state index in [4.69, 9.17) is 4.74 Å². The molecule has 4 saturated heterocycles. The Morgan fingerprint density at radius 2 is 1.57 bits per heavy atom. The predicted molar refractivity (Wildman–Crippen MR) is 195 cm³/mol. The zero-order valence-corrected chi connectivity index (χ0v) is 31.4. The van der Waals surface area contributed by atoms with Crippen LogP contribution in [0.5, 0.6) is 0 Å². The van der Waals surface area contributed by atoms with Gasteiger partial charge in [-0.1, -0.05) is 38.0 Å². The maximum atomic E-state index is 14.6. The molecule has 4 aliphatic rings. The number of unbranched alkanes of at least 4 members (excludes halogenated alkanes) is 2. The summed E-state index contributed by atoms with van der Waals surface area (Å²) in [6.07, 6.45) is 7.46. The Morgan fingerprint density at radius 3 is 2.30 bits per heavy atom. The number of halogens is 1. The molecule has 4 fully saturated rings. The fourth-order valence-electron chi connectivity index (χ4n) is 7.83. The Balaban J connectivity index is 1.48. The second-order valence-corrected chi connectivity index (χ2v) is 14.7. The summed E-state index contributed by atoms with van der Waals surface area (Å²) in [7, 11) is 0. The molecule has 7 atom stereocenters. The molecular weight excluding hydrogens is 699 g/mol. The number of nitrogens with zero attached hydrogens (tertiary/aromatic N) is 3. The van der Waals surface area contributed by atoms with Crippen LogP contribution in [0.15, 0.2) is 36.4 Å². The van der Waals surface area contributed by atoms with Crippen molar-refractivity contribution in [3.05, 3.63) is 47.8 Å². The zero-order chi connectivity index (χ0) is 38.9. The van der Waals surface area contributed by atoms with Crippen molar-refractivity contribution in [3.63, 3.8) is 0 Å². The number of hydrogen-bond donors (Lipinski definition) is 3. The smallest absolute Gasteiger partial charge is 0.329 e. The van der Waals surface area contributed by atoms with Gasteiger partial charge in [-0.15, -0.1) is 0 Å². The van der Waals surface area contributed by atoms with Gasteiger partial charge in [-0.25, -0.2) is 9.18 Å². The van der Waals surface area contributed by atoms with Crippen molar-refractivity contribution in [2.24, 2.45) is 0 Å². The highest BCUT2D eigenvalue weighted by atomic mass is 19.1. The van der Waals surface area contributed by atoms with Gasteiger partial charge < -0.3 is 35.4 Å². The third-order valence-corrected chi connectivity index (χ3v) is 10.7. The van der Waals surface area contributed by atoms with Gasteiger partial charge in [0, 0.05) is 26.1 Å². The quantitative estimate of drug-likeness (QED) is 0.195. The van der Waals surface area contributed by atoms with Gasteiger partial charge in [0.15, 0.2) is 0 Å². The van der Waals surface area contributed by atoms with Crippen molar-refractivity contribution >= 4 is 41.4 Å². The number of allylic oxidation sites excluding steroid dienone is 1. The maximum absolute atomic E-state index is 14.6. The van der Waals surface area contributed by atoms with Gasteiger partial charge in [-0.2, -0.15) is 0 Å². The van der Waals surface area contributed by atoms with Crippen molar-refractivity contribution in [1.82, 2.24) is 30.7 Å². The fourth-order valence-corrected chi connectivity index (χ4v) is 7.83. The van der Waals surface area contributed by atoms with Crippen molar-refractivity contribution in [3.8, 4) is 0 Å². The molecule has 1 aromatic rings. The molecule has 4 aliphatic heterocycles. The summed E-state index contributed by atoms with van der Waals surface area (Å²) in [5.41, 5.74) is 0.416. The van der Waals surface area contributed by atoms with E-state index in [1.165, 1.54) is 45.9 Å². The third kappa shape index (κ3) is 9.64. The van der Waals surface area contributed by atoms with Crippen molar-refractivity contribution in [2.45, 2.75) is 134 Å². The third-order valence-electron chi connectivity index (χ3n) is 10.7. The number of carbonyl (C=O) groups is 7. The van der Waals surface area contributed by atoms with Gasteiger partial charge >= 0.3 is 5.97 Å². The highest BCUT2D eigenvalue weighted by molar-refractivity contribution is 5.98. The molecule has 0 aromatic heterocycles. The van der Waals surface area contributed by atoms with Crippen LogP contribution in [0.25, 0.3) is 0 Å². The molecule has 0 bridgehead atoms. The first kappa shape index (κ1) is 40.4. The minimum atomic E-state index is -1.50. The first-order valence-corrected chi connectivity index (χ1v) is 19.3. The molecule has 14 nitrogen and oxygen atoms in total. The molecule has 0 saturated carbocycles. The van der Waals surface area contributed by atoms with E-state index in [1.54, 1.807) is 19.1 Å². The van der Waals surface area contributed by atoms with Crippen LogP contribution in [0, 0.1) is 5.82 Å². The summed E-state index contributed by atoms with van der Waals surface area (Å²) >= 11 is 0. The number of cyclic esters (lactones) is 1. The SMILES string of the molecule is CCCCC=CC(=O)N[C@@H](Cc1cccc(F)c1)C(=O)N[C@@H]1C(=O)N2CCC[C@H]2C(=O)N2CCCC[C@H]2C(=O)N[C@@H](C)C(=O)N2CCC[C@H]2C(=O)O[C@H]1C. The average Bonchev–Trinajstić information content (AvgIpc) is 3.85. The second kappa shape index (κ2) is 18.5. The lowest BCUT2D eigenvalue weighted by Gasteiger charge is -2.39. The number of ether oxygens (including phenoxy) is 1. The molecule has 5 rings (SSSR count).